The van der Waals surface area contributed by atoms with Crippen molar-refractivity contribution in [2.75, 3.05) is 13.7 Å². The van der Waals surface area contributed by atoms with E-state index in [1.807, 2.05) is 0 Å². The van der Waals surface area contributed by atoms with Crippen molar-refractivity contribution in [2.45, 2.75) is 23.5 Å². The molecule has 90 valence electrons. The van der Waals surface area contributed by atoms with Gasteiger partial charge in [-0.2, -0.15) is 0 Å². The molecule has 1 unspecified atom stereocenters. The summed E-state index contributed by atoms with van der Waals surface area (Å²) in [6.45, 7) is 2.04. The number of nitrogens with two attached hydrogens (primary N) is 1. The van der Waals surface area contributed by atoms with Crippen LogP contribution in [0.25, 0.3) is 0 Å². The highest BCUT2D eigenvalue weighted by molar-refractivity contribution is 7.92. The summed E-state index contributed by atoms with van der Waals surface area (Å²) in [6, 6.07) is 6.40. The molecular formula is C11H17NO3S. The van der Waals surface area contributed by atoms with Gasteiger partial charge in [0.1, 0.15) is 5.75 Å². The molecule has 1 aromatic carbocycles. The van der Waals surface area contributed by atoms with Crippen LogP contribution in [0.1, 0.15) is 13.3 Å². The molecule has 0 spiro atoms. The third-order valence-corrected chi connectivity index (χ3v) is 4.72. The maximum Gasteiger partial charge on any atom is 0.181 e. The molecule has 1 atom stereocenters. The monoisotopic (exact) mass is 243 g/mol. The lowest BCUT2D eigenvalue weighted by Crippen LogP contribution is -2.21. The van der Waals surface area contributed by atoms with E-state index in [-0.39, 0.29) is 0 Å². The van der Waals surface area contributed by atoms with Crippen LogP contribution < -0.4 is 10.5 Å². The van der Waals surface area contributed by atoms with E-state index in [1.165, 1.54) is 0 Å². The quantitative estimate of drug-likeness (QED) is 0.843. The first kappa shape index (κ1) is 13.0. The molecule has 0 aliphatic heterocycles. The lowest BCUT2D eigenvalue weighted by Gasteiger charge is -2.12. The van der Waals surface area contributed by atoms with Crippen molar-refractivity contribution >= 4 is 9.84 Å². The molecule has 0 amide bonds. The molecule has 0 saturated carbocycles. The van der Waals surface area contributed by atoms with Crippen molar-refractivity contribution in [1.82, 2.24) is 0 Å². The summed E-state index contributed by atoms with van der Waals surface area (Å²) in [7, 11) is -1.72. The number of rotatable bonds is 5. The summed E-state index contributed by atoms with van der Waals surface area (Å²) < 4.78 is 29.0. The molecule has 0 aromatic heterocycles. The van der Waals surface area contributed by atoms with Gasteiger partial charge in [0.2, 0.25) is 0 Å². The average molecular weight is 243 g/mol. The van der Waals surface area contributed by atoms with E-state index < -0.39 is 15.1 Å². The lowest BCUT2D eigenvalue weighted by atomic mass is 10.3. The maximum atomic E-state index is 12.0. The van der Waals surface area contributed by atoms with E-state index in [1.54, 1.807) is 38.3 Å². The summed E-state index contributed by atoms with van der Waals surface area (Å²) >= 11 is 0. The van der Waals surface area contributed by atoms with Crippen LogP contribution in [0.2, 0.25) is 0 Å². The third-order valence-electron chi connectivity index (χ3n) is 2.49. The zero-order chi connectivity index (χ0) is 12.2. The topological polar surface area (TPSA) is 69.4 Å². The van der Waals surface area contributed by atoms with Gasteiger partial charge in [-0.15, -0.1) is 0 Å². The zero-order valence-corrected chi connectivity index (χ0v) is 10.3. The first-order valence-electron chi connectivity index (χ1n) is 5.10. The standard InChI is InChI=1S/C11H17NO3S/c1-9(7-8-12)16(13,14)11-5-3-10(15-2)4-6-11/h3-6,9H,7-8,12H2,1-2H3. The number of sulfone groups is 1. The highest BCUT2D eigenvalue weighted by Crippen LogP contribution is 2.20. The fourth-order valence-corrected chi connectivity index (χ4v) is 2.81. The maximum absolute atomic E-state index is 12.0. The van der Waals surface area contributed by atoms with Crippen LogP contribution in [0, 0.1) is 0 Å². The van der Waals surface area contributed by atoms with E-state index in [4.69, 9.17) is 10.5 Å². The Labute approximate surface area is 96.3 Å². The molecule has 0 saturated heterocycles. The van der Waals surface area contributed by atoms with Gasteiger partial charge < -0.3 is 10.5 Å². The van der Waals surface area contributed by atoms with Gasteiger partial charge in [0.25, 0.3) is 0 Å². The van der Waals surface area contributed by atoms with Crippen LogP contribution in [0.15, 0.2) is 29.2 Å². The average Bonchev–Trinajstić information content (AvgIpc) is 2.29. The van der Waals surface area contributed by atoms with E-state index in [2.05, 4.69) is 0 Å². The van der Waals surface area contributed by atoms with Gasteiger partial charge in [0.05, 0.1) is 17.3 Å². The van der Waals surface area contributed by atoms with Crippen molar-refractivity contribution < 1.29 is 13.2 Å². The van der Waals surface area contributed by atoms with E-state index >= 15 is 0 Å². The Kier molecular flexibility index (Phi) is 4.32. The van der Waals surface area contributed by atoms with Gasteiger partial charge in [0.15, 0.2) is 9.84 Å². The summed E-state index contributed by atoms with van der Waals surface area (Å²) in [5.74, 6) is 0.644. The summed E-state index contributed by atoms with van der Waals surface area (Å²) in [5, 5.41) is -0.453. The predicted molar refractivity (Wildman–Crippen MR) is 63.3 cm³/mol. The molecular weight excluding hydrogens is 226 g/mol. The molecule has 0 bridgehead atoms. The minimum atomic E-state index is -3.26. The first-order valence-corrected chi connectivity index (χ1v) is 6.65. The van der Waals surface area contributed by atoms with Crippen LogP contribution in [0.3, 0.4) is 0 Å². The highest BCUT2D eigenvalue weighted by Gasteiger charge is 2.22. The van der Waals surface area contributed by atoms with Crippen LogP contribution in [0.4, 0.5) is 0 Å². The Morgan fingerprint density at radius 3 is 2.31 bits per heavy atom. The second-order valence-electron chi connectivity index (χ2n) is 3.61. The minimum Gasteiger partial charge on any atom is -0.497 e. The fraction of sp³-hybridized carbons (Fsp3) is 0.455. The molecule has 0 heterocycles. The van der Waals surface area contributed by atoms with E-state index in [0.29, 0.717) is 23.6 Å². The molecule has 4 nitrogen and oxygen atoms in total. The Morgan fingerprint density at radius 1 is 1.31 bits per heavy atom. The second-order valence-corrected chi connectivity index (χ2v) is 5.97. The third kappa shape index (κ3) is 2.74. The Bertz CT molecular complexity index is 425. The molecule has 5 heteroatoms. The molecule has 0 aliphatic carbocycles. The molecule has 16 heavy (non-hydrogen) atoms. The SMILES string of the molecule is COc1ccc(S(=O)(=O)C(C)CCN)cc1. The summed E-state index contributed by atoms with van der Waals surface area (Å²) in [5.41, 5.74) is 5.37. The van der Waals surface area contributed by atoms with Gasteiger partial charge >= 0.3 is 0 Å². The van der Waals surface area contributed by atoms with Crippen LogP contribution >= 0.6 is 0 Å². The van der Waals surface area contributed by atoms with Gasteiger partial charge in [-0.3, -0.25) is 0 Å². The normalized spacial score (nSPS) is 13.4. The van der Waals surface area contributed by atoms with Crippen molar-refractivity contribution in [3.05, 3.63) is 24.3 Å². The van der Waals surface area contributed by atoms with Crippen molar-refractivity contribution in [3.8, 4) is 5.75 Å². The lowest BCUT2D eigenvalue weighted by molar-refractivity contribution is 0.414. The smallest absolute Gasteiger partial charge is 0.181 e. The summed E-state index contributed by atoms with van der Waals surface area (Å²) in [6.07, 6.45) is 0.467. The number of hydrogen-bond donors (Lipinski definition) is 1. The Hall–Kier alpha value is -1.07. The van der Waals surface area contributed by atoms with Crippen LogP contribution in [0.5, 0.6) is 5.75 Å². The molecule has 1 aromatic rings. The second kappa shape index (κ2) is 5.32. The number of ether oxygens (including phenoxy) is 1. The number of benzene rings is 1. The molecule has 2 N–H and O–H groups in total. The van der Waals surface area contributed by atoms with Crippen molar-refractivity contribution in [2.24, 2.45) is 5.73 Å². The van der Waals surface area contributed by atoms with Crippen molar-refractivity contribution in [3.63, 3.8) is 0 Å². The number of methoxy groups -OCH3 is 1. The van der Waals surface area contributed by atoms with Gasteiger partial charge in [-0.25, -0.2) is 8.42 Å². The summed E-state index contributed by atoms with van der Waals surface area (Å²) in [4.78, 5) is 0.314. The fourth-order valence-electron chi connectivity index (χ4n) is 1.39. The molecule has 0 radical (unpaired) electrons. The highest BCUT2D eigenvalue weighted by atomic mass is 32.2. The van der Waals surface area contributed by atoms with Gasteiger partial charge in [-0.05, 0) is 44.2 Å². The van der Waals surface area contributed by atoms with Gasteiger partial charge in [0, 0.05) is 0 Å². The molecule has 0 fully saturated rings. The minimum absolute atomic E-state index is 0.314. The largest absolute Gasteiger partial charge is 0.497 e. The van der Waals surface area contributed by atoms with Crippen molar-refractivity contribution in [1.29, 1.82) is 0 Å². The predicted octanol–water partition coefficient (Wildman–Crippen LogP) is 1.21. The molecule has 0 aliphatic rings. The first-order chi connectivity index (χ1) is 7.52. The van der Waals surface area contributed by atoms with Crippen LogP contribution in [-0.2, 0) is 9.84 Å². The number of hydrogen-bond acceptors (Lipinski definition) is 4. The van der Waals surface area contributed by atoms with E-state index in [0.717, 1.165) is 0 Å². The molecule has 1 rings (SSSR count). The van der Waals surface area contributed by atoms with Crippen LogP contribution in [-0.4, -0.2) is 27.3 Å². The Morgan fingerprint density at radius 2 is 1.88 bits per heavy atom. The van der Waals surface area contributed by atoms with E-state index in [9.17, 15) is 8.42 Å². The van der Waals surface area contributed by atoms with Gasteiger partial charge in [-0.1, -0.05) is 0 Å². The zero-order valence-electron chi connectivity index (χ0n) is 9.51. The Balaban J connectivity index is 2.98.